The number of aromatic hydroxyl groups is 1. The maximum Gasteiger partial charge on any atom is 0.228 e. The molecule has 0 saturated carbocycles. The van der Waals surface area contributed by atoms with E-state index in [2.05, 4.69) is 15.3 Å². The normalized spacial score (nSPS) is 10.8. The van der Waals surface area contributed by atoms with Gasteiger partial charge in [-0.1, -0.05) is 48.0 Å². The molecular weight excluding hydrogens is 334 g/mol. The Morgan fingerprint density at radius 3 is 2.48 bits per heavy atom. The van der Waals surface area contributed by atoms with Crippen molar-refractivity contribution in [1.82, 2.24) is 9.97 Å². The zero-order valence-corrected chi connectivity index (χ0v) is 13.9. The Bertz CT molecular complexity index is 1050. The molecule has 0 unspecified atom stereocenters. The largest absolute Gasteiger partial charge is 0.508 e. The molecule has 5 heteroatoms. The Balaban J connectivity index is 1.88. The fourth-order valence-electron chi connectivity index (χ4n) is 2.69. The molecule has 0 aliphatic carbocycles. The number of hydrogen-bond donors (Lipinski definition) is 2. The first-order chi connectivity index (χ1) is 12.2. The van der Waals surface area contributed by atoms with Gasteiger partial charge in [0.25, 0.3) is 0 Å². The van der Waals surface area contributed by atoms with E-state index < -0.39 is 0 Å². The number of nitrogens with one attached hydrogen (secondary N) is 1. The highest BCUT2D eigenvalue weighted by molar-refractivity contribution is 6.31. The Hall–Kier alpha value is -3.11. The first kappa shape index (κ1) is 15.4. The molecule has 1 heterocycles. The summed E-state index contributed by atoms with van der Waals surface area (Å²) in [4.78, 5) is 9.24. The highest BCUT2D eigenvalue weighted by atomic mass is 35.5. The lowest BCUT2D eigenvalue weighted by Crippen LogP contribution is -1.99. The number of hydrogen-bond acceptors (Lipinski definition) is 4. The van der Waals surface area contributed by atoms with Crippen LogP contribution in [-0.2, 0) is 0 Å². The van der Waals surface area contributed by atoms with Gasteiger partial charge in [-0.05, 0) is 30.3 Å². The molecule has 3 aromatic carbocycles. The van der Waals surface area contributed by atoms with E-state index in [9.17, 15) is 5.11 Å². The Morgan fingerprint density at radius 2 is 1.68 bits per heavy atom. The van der Waals surface area contributed by atoms with Gasteiger partial charge in [0.15, 0.2) is 0 Å². The van der Waals surface area contributed by atoms with Crippen LogP contribution in [0.25, 0.3) is 22.2 Å². The molecule has 0 saturated heterocycles. The second-order valence-corrected chi connectivity index (χ2v) is 6.04. The fraction of sp³-hybridized carbons (Fsp3) is 0. The summed E-state index contributed by atoms with van der Waals surface area (Å²) >= 11 is 6.14. The van der Waals surface area contributed by atoms with Gasteiger partial charge in [0.05, 0.1) is 11.2 Å². The average molecular weight is 348 g/mol. The minimum absolute atomic E-state index is 0.178. The van der Waals surface area contributed by atoms with Crippen molar-refractivity contribution in [2.75, 3.05) is 5.32 Å². The van der Waals surface area contributed by atoms with Crippen LogP contribution in [0.1, 0.15) is 0 Å². The monoisotopic (exact) mass is 347 g/mol. The molecular formula is C20H14ClN3O. The quantitative estimate of drug-likeness (QED) is 0.521. The summed E-state index contributed by atoms with van der Waals surface area (Å²) in [5.74, 6) is 0.622. The van der Waals surface area contributed by atoms with E-state index in [1.54, 1.807) is 18.2 Å². The van der Waals surface area contributed by atoms with Crippen LogP contribution in [0.15, 0.2) is 72.8 Å². The molecule has 122 valence electrons. The van der Waals surface area contributed by atoms with Gasteiger partial charge >= 0.3 is 0 Å². The standard InChI is InChI=1S/C20H14ClN3O/c21-14-9-10-17-18(11-14)23-20(22-15-7-4-8-16(25)12-15)24-19(17)13-5-2-1-3-6-13/h1-12,25H,(H,22,23,24). The molecule has 0 fully saturated rings. The van der Waals surface area contributed by atoms with Crippen molar-refractivity contribution >= 4 is 34.1 Å². The number of halogens is 1. The summed E-state index contributed by atoms with van der Waals surface area (Å²) in [7, 11) is 0. The zero-order valence-electron chi connectivity index (χ0n) is 13.1. The first-order valence-electron chi connectivity index (χ1n) is 7.78. The summed E-state index contributed by atoms with van der Waals surface area (Å²) in [5, 5.41) is 14.3. The van der Waals surface area contributed by atoms with Gasteiger partial charge in [0, 0.05) is 27.7 Å². The second kappa shape index (κ2) is 6.42. The second-order valence-electron chi connectivity index (χ2n) is 5.60. The molecule has 0 radical (unpaired) electrons. The molecule has 1 aromatic heterocycles. The third kappa shape index (κ3) is 3.25. The van der Waals surface area contributed by atoms with Crippen molar-refractivity contribution in [2.24, 2.45) is 0 Å². The fourth-order valence-corrected chi connectivity index (χ4v) is 2.85. The third-order valence-electron chi connectivity index (χ3n) is 3.81. The number of anilines is 2. The van der Waals surface area contributed by atoms with E-state index in [-0.39, 0.29) is 5.75 Å². The van der Waals surface area contributed by atoms with Crippen LogP contribution in [0.2, 0.25) is 5.02 Å². The van der Waals surface area contributed by atoms with Crippen LogP contribution in [0.4, 0.5) is 11.6 Å². The number of nitrogens with zero attached hydrogens (tertiary/aromatic N) is 2. The summed E-state index contributed by atoms with van der Waals surface area (Å²) in [6.07, 6.45) is 0. The van der Waals surface area contributed by atoms with Gasteiger partial charge in [0.1, 0.15) is 5.75 Å². The van der Waals surface area contributed by atoms with Crippen molar-refractivity contribution in [1.29, 1.82) is 0 Å². The van der Waals surface area contributed by atoms with Crippen molar-refractivity contribution in [3.05, 3.63) is 77.8 Å². The smallest absolute Gasteiger partial charge is 0.228 e. The van der Waals surface area contributed by atoms with Crippen molar-refractivity contribution in [2.45, 2.75) is 0 Å². The van der Waals surface area contributed by atoms with Gasteiger partial charge in [-0.15, -0.1) is 0 Å². The van der Waals surface area contributed by atoms with Gasteiger partial charge in [0.2, 0.25) is 5.95 Å². The van der Waals surface area contributed by atoms with Gasteiger partial charge in [-0.2, -0.15) is 0 Å². The first-order valence-corrected chi connectivity index (χ1v) is 8.16. The third-order valence-corrected chi connectivity index (χ3v) is 4.04. The maximum absolute atomic E-state index is 9.63. The van der Waals surface area contributed by atoms with Crippen LogP contribution in [0.5, 0.6) is 5.75 Å². The molecule has 0 spiro atoms. The van der Waals surface area contributed by atoms with E-state index in [0.717, 1.165) is 22.2 Å². The molecule has 4 nitrogen and oxygen atoms in total. The van der Waals surface area contributed by atoms with Crippen molar-refractivity contribution in [3.8, 4) is 17.0 Å². The molecule has 0 bridgehead atoms. The van der Waals surface area contributed by atoms with Gasteiger partial charge in [-0.25, -0.2) is 9.97 Å². The summed E-state index contributed by atoms with van der Waals surface area (Å²) in [5.41, 5.74) is 3.28. The van der Waals surface area contributed by atoms with E-state index in [0.29, 0.717) is 16.7 Å². The van der Waals surface area contributed by atoms with Gasteiger partial charge in [-0.3, -0.25) is 0 Å². The van der Waals surface area contributed by atoms with E-state index >= 15 is 0 Å². The van der Waals surface area contributed by atoms with Crippen molar-refractivity contribution in [3.63, 3.8) is 0 Å². The van der Waals surface area contributed by atoms with Crippen LogP contribution in [-0.4, -0.2) is 15.1 Å². The molecule has 4 rings (SSSR count). The lowest BCUT2D eigenvalue weighted by Gasteiger charge is -2.11. The number of rotatable bonds is 3. The van der Waals surface area contributed by atoms with E-state index in [1.807, 2.05) is 54.6 Å². The molecule has 0 aliphatic rings. The number of phenols is 1. The molecule has 4 aromatic rings. The lowest BCUT2D eigenvalue weighted by atomic mass is 10.1. The summed E-state index contributed by atoms with van der Waals surface area (Å²) in [6, 6.07) is 22.3. The highest BCUT2D eigenvalue weighted by Gasteiger charge is 2.10. The predicted molar refractivity (Wildman–Crippen MR) is 101 cm³/mol. The SMILES string of the molecule is Oc1cccc(Nc2nc(-c3ccccc3)c3ccc(Cl)cc3n2)c1. The number of phenolic OH excluding ortho intramolecular Hbond substituents is 1. The van der Waals surface area contributed by atoms with Crippen molar-refractivity contribution < 1.29 is 5.11 Å². The lowest BCUT2D eigenvalue weighted by molar-refractivity contribution is 0.475. The highest BCUT2D eigenvalue weighted by Crippen LogP contribution is 2.30. The van der Waals surface area contributed by atoms with E-state index in [1.165, 1.54) is 0 Å². The number of aromatic nitrogens is 2. The van der Waals surface area contributed by atoms with E-state index in [4.69, 9.17) is 11.6 Å². The molecule has 25 heavy (non-hydrogen) atoms. The average Bonchev–Trinajstić information content (AvgIpc) is 2.61. The summed E-state index contributed by atoms with van der Waals surface area (Å²) < 4.78 is 0. The number of benzene rings is 3. The van der Waals surface area contributed by atoms with Crippen LogP contribution in [0.3, 0.4) is 0 Å². The molecule has 0 amide bonds. The molecule has 2 N–H and O–H groups in total. The topological polar surface area (TPSA) is 58.0 Å². The minimum Gasteiger partial charge on any atom is -0.508 e. The maximum atomic E-state index is 9.63. The number of fused-ring (bicyclic) bond motifs is 1. The summed E-state index contributed by atoms with van der Waals surface area (Å²) in [6.45, 7) is 0. The van der Waals surface area contributed by atoms with Crippen LogP contribution in [0, 0.1) is 0 Å². The van der Waals surface area contributed by atoms with Crippen LogP contribution >= 0.6 is 11.6 Å². The zero-order chi connectivity index (χ0) is 17.2. The predicted octanol–water partition coefficient (Wildman–Crippen LogP) is 5.40. The molecule has 0 atom stereocenters. The Kier molecular flexibility index (Phi) is 3.96. The van der Waals surface area contributed by atoms with Crippen LogP contribution < -0.4 is 5.32 Å². The Labute approximate surface area is 149 Å². The Morgan fingerprint density at radius 1 is 0.840 bits per heavy atom. The molecule has 0 aliphatic heterocycles. The van der Waals surface area contributed by atoms with Gasteiger partial charge < -0.3 is 10.4 Å². The minimum atomic E-state index is 0.178.